The second-order valence-corrected chi connectivity index (χ2v) is 5.81. The van der Waals surface area contributed by atoms with E-state index < -0.39 is 0 Å². The Bertz CT molecular complexity index is 604. The standard InChI is InChI=1S/C16H19ClN4/c17-13-7-5-12(6-8-13)14-11-19-16(20-15(14)18)21-9-3-1-2-4-10-21/h5-8,11H,1-4,9-10H2,(H2,18,19,20). The number of anilines is 2. The third-order valence-corrected chi connectivity index (χ3v) is 4.10. The van der Waals surface area contributed by atoms with Gasteiger partial charge in [-0.2, -0.15) is 4.98 Å². The molecule has 4 nitrogen and oxygen atoms in total. The van der Waals surface area contributed by atoms with Crippen molar-refractivity contribution in [1.82, 2.24) is 9.97 Å². The Morgan fingerprint density at radius 3 is 2.29 bits per heavy atom. The second kappa shape index (κ2) is 6.31. The van der Waals surface area contributed by atoms with Crippen molar-refractivity contribution in [1.29, 1.82) is 0 Å². The lowest BCUT2D eigenvalue weighted by atomic mass is 10.1. The number of nitrogens with two attached hydrogens (primary N) is 1. The zero-order valence-corrected chi connectivity index (χ0v) is 12.7. The molecule has 1 aromatic carbocycles. The van der Waals surface area contributed by atoms with Crippen molar-refractivity contribution in [2.75, 3.05) is 23.7 Å². The molecule has 1 aromatic heterocycles. The average Bonchev–Trinajstić information content (AvgIpc) is 2.77. The van der Waals surface area contributed by atoms with Crippen LogP contribution in [0.25, 0.3) is 11.1 Å². The van der Waals surface area contributed by atoms with Crippen molar-refractivity contribution in [3.8, 4) is 11.1 Å². The number of aromatic nitrogens is 2. The van der Waals surface area contributed by atoms with Crippen LogP contribution in [0, 0.1) is 0 Å². The molecule has 5 heteroatoms. The van der Waals surface area contributed by atoms with Gasteiger partial charge in [0.1, 0.15) is 5.82 Å². The fraction of sp³-hybridized carbons (Fsp3) is 0.375. The smallest absolute Gasteiger partial charge is 0.227 e. The molecule has 1 fully saturated rings. The van der Waals surface area contributed by atoms with E-state index >= 15 is 0 Å². The molecule has 0 amide bonds. The minimum absolute atomic E-state index is 0.520. The summed E-state index contributed by atoms with van der Waals surface area (Å²) in [5.41, 5.74) is 7.96. The molecule has 3 rings (SSSR count). The lowest BCUT2D eigenvalue weighted by Gasteiger charge is -2.20. The van der Waals surface area contributed by atoms with Gasteiger partial charge in [-0.15, -0.1) is 0 Å². The quantitative estimate of drug-likeness (QED) is 0.917. The Balaban J connectivity index is 1.86. The van der Waals surface area contributed by atoms with Gasteiger partial charge in [0.25, 0.3) is 0 Å². The molecule has 110 valence electrons. The van der Waals surface area contributed by atoms with Crippen LogP contribution in [0.15, 0.2) is 30.5 Å². The fourth-order valence-corrected chi connectivity index (χ4v) is 2.79. The van der Waals surface area contributed by atoms with E-state index in [1.54, 1.807) is 0 Å². The van der Waals surface area contributed by atoms with Gasteiger partial charge in [0.05, 0.1) is 0 Å². The number of rotatable bonds is 2. The lowest BCUT2D eigenvalue weighted by Crippen LogP contribution is -2.26. The maximum Gasteiger partial charge on any atom is 0.227 e. The first-order valence-corrected chi connectivity index (χ1v) is 7.75. The molecule has 0 radical (unpaired) electrons. The number of nitrogen functional groups attached to an aromatic ring is 1. The molecule has 0 saturated carbocycles. The van der Waals surface area contributed by atoms with Crippen LogP contribution in [0.4, 0.5) is 11.8 Å². The minimum atomic E-state index is 0.520. The molecule has 0 atom stereocenters. The highest BCUT2D eigenvalue weighted by molar-refractivity contribution is 6.30. The summed E-state index contributed by atoms with van der Waals surface area (Å²) in [6, 6.07) is 7.56. The number of halogens is 1. The van der Waals surface area contributed by atoms with Crippen molar-refractivity contribution in [3.05, 3.63) is 35.5 Å². The van der Waals surface area contributed by atoms with E-state index in [0.717, 1.165) is 30.2 Å². The van der Waals surface area contributed by atoms with Crippen LogP contribution < -0.4 is 10.6 Å². The van der Waals surface area contributed by atoms with Crippen molar-refractivity contribution in [3.63, 3.8) is 0 Å². The number of benzene rings is 1. The van der Waals surface area contributed by atoms with Crippen LogP contribution in [0.5, 0.6) is 0 Å². The minimum Gasteiger partial charge on any atom is -0.383 e. The maximum absolute atomic E-state index is 6.13. The fourth-order valence-electron chi connectivity index (χ4n) is 2.66. The third-order valence-electron chi connectivity index (χ3n) is 3.85. The summed E-state index contributed by atoms with van der Waals surface area (Å²) >= 11 is 5.91. The van der Waals surface area contributed by atoms with E-state index in [-0.39, 0.29) is 0 Å². The van der Waals surface area contributed by atoms with Gasteiger partial charge < -0.3 is 10.6 Å². The van der Waals surface area contributed by atoms with Gasteiger partial charge >= 0.3 is 0 Å². The normalized spacial score (nSPS) is 15.8. The van der Waals surface area contributed by atoms with E-state index in [0.29, 0.717) is 10.8 Å². The Labute approximate surface area is 130 Å². The second-order valence-electron chi connectivity index (χ2n) is 5.38. The highest BCUT2D eigenvalue weighted by Crippen LogP contribution is 2.27. The van der Waals surface area contributed by atoms with E-state index in [4.69, 9.17) is 17.3 Å². The maximum atomic E-state index is 6.13. The van der Waals surface area contributed by atoms with E-state index in [1.807, 2.05) is 30.5 Å². The lowest BCUT2D eigenvalue weighted by molar-refractivity contribution is 0.726. The monoisotopic (exact) mass is 302 g/mol. The molecule has 0 unspecified atom stereocenters. The molecule has 1 saturated heterocycles. The van der Waals surface area contributed by atoms with Gasteiger partial charge in [-0.1, -0.05) is 36.6 Å². The van der Waals surface area contributed by atoms with E-state index in [9.17, 15) is 0 Å². The largest absolute Gasteiger partial charge is 0.383 e. The number of nitrogens with zero attached hydrogens (tertiary/aromatic N) is 3. The summed E-state index contributed by atoms with van der Waals surface area (Å²) < 4.78 is 0. The molecular weight excluding hydrogens is 284 g/mol. The zero-order chi connectivity index (χ0) is 14.7. The third kappa shape index (κ3) is 3.27. The predicted octanol–water partition coefficient (Wildman–Crippen LogP) is 3.76. The predicted molar refractivity (Wildman–Crippen MR) is 87.6 cm³/mol. The Hall–Kier alpha value is -1.81. The molecule has 1 aliphatic rings. The first-order valence-electron chi connectivity index (χ1n) is 7.37. The van der Waals surface area contributed by atoms with Crippen molar-refractivity contribution < 1.29 is 0 Å². The molecule has 0 spiro atoms. The molecular formula is C16H19ClN4. The SMILES string of the molecule is Nc1nc(N2CCCCCC2)ncc1-c1ccc(Cl)cc1. The van der Waals surface area contributed by atoms with Gasteiger partial charge in [0, 0.05) is 29.9 Å². The number of hydrogen-bond donors (Lipinski definition) is 1. The van der Waals surface area contributed by atoms with Gasteiger partial charge in [-0.3, -0.25) is 0 Å². The van der Waals surface area contributed by atoms with E-state index in [2.05, 4.69) is 14.9 Å². The van der Waals surface area contributed by atoms with Crippen LogP contribution >= 0.6 is 11.6 Å². The Morgan fingerprint density at radius 2 is 1.67 bits per heavy atom. The first-order chi connectivity index (χ1) is 10.2. The molecule has 0 aliphatic carbocycles. The summed E-state index contributed by atoms with van der Waals surface area (Å²) in [7, 11) is 0. The van der Waals surface area contributed by atoms with E-state index in [1.165, 1.54) is 25.7 Å². The van der Waals surface area contributed by atoms with Crippen molar-refractivity contribution in [2.45, 2.75) is 25.7 Å². The van der Waals surface area contributed by atoms with Crippen LogP contribution in [0.1, 0.15) is 25.7 Å². The first kappa shape index (κ1) is 14.1. The topological polar surface area (TPSA) is 55.0 Å². The van der Waals surface area contributed by atoms with Crippen molar-refractivity contribution >= 4 is 23.4 Å². The van der Waals surface area contributed by atoms with Gasteiger partial charge in [-0.25, -0.2) is 4.98 Å². The molecule has 1 aliphatic heterocycles. The summed E-state index contributed by atoms with van der Waals surface area (Å²) in [5.74, 6) is 1.26. The Morgan fingerprint density at radius 1 is 1.00 bits per heavy atom. The summed E-state index contributed by atoms with van der Waals surface area (Å²) in [6.07, 6.45) is 6.78. The van der Waals surface area contributed by atoms with Crippen LogP contribution in [-0.2, 0) is 0 Å². The summed E-state index contributed by atoms with van der Waals surface area (Å²) in [6.45, 7) is 2.03. The van der Waals surface area contributed by atoms with Crippen LogP contribution in [0.3, 0.4) is 0 Å². The molecule has 2 aromatic rings. The molecule has 2 heterocycles. The molecule has 0 bridgehead atoms. The molecule has 2 N–H and O–H groups in total. The van der Waals surface area contributed by atoms with Gasteiger partial charge in [-0.05, 0) is 30.5 Å². The highest BCUT2D eigenvalue weighted by atomic mass is 35.5. The number of hydrogen-bond acceptors (Lipinski definition) is 4. The average molecular weight is 303 g/mol. The summed E-state index contributed by atoms with van der Waals surface area (Å²) in [4.78, 5) is 11.2. The Kier molecular flexibility index (Phi) is 4.25. The highest BCUT2D eigenvalue weighted by Gasteiger charge is 2.14. The van der Waals surface area contributed by atoms with Crippen LogP contribution in [0.2, 0.25) is 5.02 Å². The van der Waals surface area contributed by atoms with Gasteiger partial charge in [0.15, 0.2) is 0 Å². The zero-order valence-electron chi connectivity index (χ0n) is 11.9. The van der Waals surface area contributed by atoms with Crippen LogP contribution in [-0.4, -0.2) is 23.1 Å². The van der Waals surface area contributed by atoms with Gasteiger partial charge in [0.2, 0.25) is 5.95 Å². The summed E-state index contributed by atoms with van der Waals surface area (Å²) in [5, 5.41) is 0.708. The molecule has 21 heavy (non-hydrogen) atoms. The van der Waals surface area contributed by atoms with Crippen molar-refractivity contribution in [2.24, 2.45) is 0 Å².